The Morgan fingerprint density at radius 3 is 2.67 bits per heavy atom. The Morgan fingerprint density at radius 2 is 2.04 bits per heavy atom. The highest BCUT2D eigenvalue weighted by Crippen LogP contribution is 2.41. The van der Waals surface area contributed by atoms with E-state index in [2.05, 4.69) is 5.32 Å². The average Bonchev–Trinajstić information content (AvgIpc) is 3.09. The molecular weight excluding hydrogens is 390 g/mol. The van der Waals surface area contributed by atoms with Crippen molar-refractivity contribution in [2.75, 3.05) is 29.6 Å². The van der Waals surface area contributed by atoms with E-state index in [1.807, 2.05) is 18.2 Å². The molecule has 10 heteroatoms. The highest BCUT2D eigenvalue weighted by Gasteiger charge is 2.32. The van der Waals surface area contributed by atoms with Crippen LogP contribution < -0.4 is 10.2 Å². The highest BCUT2D eigenvalue weighted by atomic mass is 32.2. The molecule has 3 rings (SSSR count). The van der Waals surface area contributed by atoms with Gasteiger partial charge in [0.2, 0.25) is 5.91 Å². The number of nitrogens with one attached hydrogen (secondary N) is 1. The van der Waals surface area contributed by atoms with Gasteiger partial charge in [0.05, 0.1) is 10.8 Å². The molecule has 1 aromatic carbocycles. The summed E-state index contributed by atoms with van der Waals surface area (Å²) in [5.41, 5.74) is 0.464. The lowest BCUT2D eigenvalue weighted by Crippen LogP contribution is -2.40. The van der Waals surface area contributed by atoms with Crippen LogP contribution in [0.4, 0.5) is 16.4 Å². The molecule has 144 valence electrons. The van der Waals surface area contributed by atoms with E-state index in [0.717, 1.165) is 23.7 Å². The molecule has 1 aliphatic rings. The summed E-state index contributed by atoms with van der Waals surface area (Å²) < 4.78 is 23.5. The van der Waals surface area contributed by atoms with Gasteiger partial charge in [-0.1, -0.05) is 29.5 Å². The first-order chi connectivity index (χ1) is 12.8. The van der Waals surface area contributed by atoms with E-state index >= 15 is 0 Å². The van der Waals surface area contributed by atoms with Crippen molar-refractivity contribution < 1.29 is 18.1 Å². The van der Waals surface area contributed by atoms with Gasteiger partial charge in [0, 0.05) is 31.1 Å². The van der Waals surface area contributed by atoms with Gasteiger partial charge in [-0.25, -0.2) is 8.42 Å². The predicted octanol–water partition coefficient (Wildman–Crippen LogP) is 2.91. The van der Waals surface area contributed by atoms with Crippen molar-refractivity contribution in [3.05, 3.63) is 46.5 Å². The van der Waals surface area contributed by atoms with Gasteiger partial charge in [-0.15, -0.1) is 0 Å². The Hall–Kier alpha value is -2.46. The SMILES string of the molecule is CS(=O)(=O)c1cc([N+](=O)[O-])c(N2CCCC(C(=O)Nc3ccccc3)C2)s1. The molecular formula is C17H19N3O5S2. The third-order valence-corrected chi connectivity index (χ3v) is 7.34. The van der Waals surface area contributed by atoms with Crippen LogP contribution in [0.3, 0.4) is 0 Å². The van der Waals surface area contributed by atoms with Crippen molar-refractivity contribution in [1.82, 2.24) is 0 Å². The molecule has 1 atom stereocenters. The van der Waals surface area contributed by atoms with E-state index in [9.17, 15) is 23.3 Å². The number of nitro groups is 1. The molecule has 0 spiro atoms. The molecule has 1 N–H and O–H groups in total. The van der Waals surface area contributed by atoms with E-state index < -0.39 is 14.8 Å². The van der Waals surface area contributed by atoms with Crippen LogP contribution in [0.1, 0.15) is 12.8 Å². The predicted molar refractivity (Wildman–Crippen MR) is 104 cm³/mol. The standard InChI is InChI=1S/C17H19N3O5S2/c1-27(24,25)15-10-14(20(22)23)17(26-15)19-9-5-6-12(11-19)16(21)18-13-7-3-2-4-8-13/h2-4,7-8,10,12H,5-6,9,11H2,1H3,(H,18,21). The third-order valence-electron chi connectivity index (χ3n) is 4.35. The second-order valence-corrected chi connectivity index (χ2v) is 9.70. The largest absolute Gasteiger partial charge is 0.357 e. The molecule has 8 nitrogen and oxygen atoms in total. The number of benzene rings is 1. The Kier molecular flexibility index (Phi) is 5.47. The third kappa shape index (κ3) is 4.45. The number of sulfone groups is 1. The van der Waals surface area contributed by atoms with Crippen molar-refractivity contribution >= 4 is 43.5 Å². The highest BCUT2D eigenvalue weighted by molar-refractivity contribution is 7.92. The Bertz CT molecular complexity index is 956. The lowest BCUT2D eigenvalue weighted by atomic mass is 9.97. The van der Waals surface area contributed by atoms with Crippen LogP contribution in [0, 0.1) is 16.0 Å². The number of nitrogens with zero attached hydrogens (tertiary/aromatic N) is 2. The first-order valence-corrected chi connectivity index (χ1v) is 11.1. The Labute approximate surface area is 160 Å². The molecule has 1 aromatic heterocycles. The number of para-hydroxylation sites is 1. The van der Waals surface area contributed by atoms with Gasteiger partial charge in [0.1, 0.15) is 4.21 Å². The van der Waals surface area contributed by atoms with Crippen LogP contribution in [-0.2, 0) is 14.6 Å². The van der Waals surface area contributed by atoms with Crippen molar-refractivity contribution in [3.63, 3.8) is 0 Å². The van der Waals surface area contributed by atoms with Crippen LogP contribution >= 0.6 is 11.3 Å². The quantitative estimate of drug-likeness (QED) is 0.601. The summed E-state index contributed by atoms with van der Waals surface area (Å²) in [7, 11) is -3.54. The Morgan fingerprint density at radius 1 is 1.33 bits per heavy atom. The van der Waals surface area contributed by atoms with Crippen molar-refractivity contribution in [2.45, 2.75) is 17.1 Å². The first kappa shape index (κ1) is 19.3. The summed E-state index contributed by atoms with van der Waals surface area (Å²) in [5, 5.41) is 14.5. The van der Waals surface area contributed by atoms with Crippen LogP contribution in [0.25, 0.3) is 0 Å². The van der Waals surface area contributed by atoms with Gasteiger partial charge in [0.15, 0.2) is 14.8 Å². The molecule has 0 aliphatic carbocycles. The van der Waals surface area contributed by atoms with Gasteiger partial charge in [0.25, 0.3) is 0 Å². The molecule has 0 bridgehead atoms. The molecule has 1 fully saturated rings. The van der Waals surface area contributed by atoms with E-state index in [-0.39, 0.29) is 26.7 Å². The van der Waals surface area contributed by atoms with Crippen LogP contribution in [-0.4, -0.2) is 38.6 Å². The lowest BCUT2D eigenvalue weighted by Gasteiger charge is -2.32. The maximum atomic E-state index is 12.6. The minimum atomic E-state index is -3.54. The zero-order valence-electron chi connectivity index (χ0n) is 14.6. The molecule has 0 radical (unpaired) electrons. The van der Waals surface area contributed by atoms with Crippen molar-refractivity contribution in [2.24, 2.45) is 5.92 Å². The summed E-state index contributed by atoms with van der Waals surface area (Å²) >= 11 is 0.884. The maximum absolute atomic E-state index is 12.6. The average molecular weight is 409 g/mol. The smallest absolute Gasteiger partial charge is 0.305 e. The molecule has 1 saturated heterocycles. The fourth-order valence-corrected chi connectivity index (χ4v) is 5.09. The number of amides is 1. The normalized spacial score (nSPS) is 17.5. The zero-order chi connectivity index (χ0) is 19.6. The minimum Gasteiger partial charge on any atom is -0.357 e. The minimum absolute atomic E-state index is 0.0416. The molecule has 0 saturated carbocycles. The summed E-state index contributed by atoms with van der Waals surface area (Å²) in [5.74, 6) is -0.476. The Balaban J connectivity index is 1.81. The van der Waals surface area contributed by atoms with Gasteiger partial charge < -0.3 is 10.2 Å². The monoisotopic (exact) mass is 409 g/mol. The molecule has 1 amide bonds. The second kappa shape index (κ2) is 7.65. The summed E-state index contributed by atoms with van der Waals surface area (Å²) in [6.07, 6.45) is 2.39. The van der Waals surface area contributed by atoms with Crippen LogP contribution in [0.5, 0.6) is 0 Å². The van der Waals surface area contributed by atoms with E-state index in [1.165, 1.54) is 0 Å². The summed E-state index contributed by atoms with van der Waals surface area (Å²) in [6, 6.07) is 10.2. The summed E-state index contributed by atoms with van der Waals surface area (Å²) in [6.45, 7) is 0.850. The molecule has 2 aromatic rings. The first-order valence-electron chi connectivity index (χ1n) is 8.35. The second-order valence-electron chi connectivity index (χ2n) is 6.43. The molecule has 2 heterocycles. The molecule has 27 heavy (non-hydrogen) atoms. The molecule has 1 unspecified atom stereocenters. The number of hydrogen-bond donors (Lipinski definition) is 1. The van der Waals surface area contributed by atoms with Crippen molar-refractivity contribution in [1.29, 1.82) is 0 Å². The topological polar surface area (TPSA) is 110 Å². The summed E-state index contributed by atoms with van der Waals surface area (Å²) in [4.78, 5) is 25.1. The van der Waals surface area contributed by atoms with Crippen molar-refractivity contribution in [3.8, 4) is 0 Å². The zero-order valence-corrected chi connectivity index (χ0v) is 16.3. The van der Waals surface area contributed by atoms with E-state index in [4.69, 9.17) is 0 Å². The fraction of sp³-hybridized carbons (Fsp3) is 0.353. The molecule has 1 aliphatic heterocycles. The number of piperidine rings is 1. The van der Waals surface area contributed by atoms with E-state index in [1.54, 1.807) is 17.0 Å². The van der Waals surface area contributed by atoms with Gasteiger partial charge in [-0.2, -0.15) is 0 Å². The number of anilines is 2. The number of thiophene rings is 1. The van der Waals surface area contributed by atoms with Crippen LogP contribution in [0.2, 0.25) is 0 Å². The fourth-order valence-electron chi connectivity index (χ4n) is 3.03. The number of hydrogen-bond acceptors (Lipinski definition) is 7. The van der Waals surface area contributed by atoms with Gasteiger partial charge in [-0.3, -0.25) is 14.9 Å². The number of carbonyl (C=O) groups excluding carboxylic acids is 1. The van der Waals surface area contributed by atoms with Crippen LogP contribution in [0.15, 0.2) is 40.6 Å². The van der Waals surface area contributed by atoms with Gasteiger partial charge >= 0.3 is 5.69 Å². The van der Waals surface area contributed by atoms with E-state index in [0.29, 0.717) is 31.6 Å². The maximum Gasteiger partial charge on any atom is 0.305 e. The van der Waals surface area contributed by atoms with Gasteiger partial charge in [-0.05, 0) is 25.0 Å². The number of carbonyl (C=O) groups is 1. The number of rotatable bonds is 5. The lowest BCUT2D eigenvalue weighted by molar-refractivity contribution is -0.383.